The smallest absolute Gasteiger partial charge is 0.222 e. The highest BCUT2D eigenvalue weighted by Crippen LogP contribution is 2.18. The molecule has 0 bridgehead atoms. The molecular weight excluding hydrogens is 751 g/mol. The molecule has 0 spiro atoms. The number of unbranched alkanes of at least 4 members (excludes halogenated alkanes) is 37. The Morgan fingerprint density at radius 1 is 0.410 bits per heavy atom. The van der Waals surface area contributed by atoms with Crippen LogP contribution in [0.2, 0.25) is 0 Å². The average molecular weight is 858 g/mol. The molecule has 61 heavy (non-hydrogen) atoms. The van der Waals surface area contributed by atoms with Crippen LogP contribution < -0.4 is 5.32 Å². The van der Waals surface area contributed by atoms with Crippen molar-refractivity contribution in [2.45, 2.75) is 308 Å². The fraction of sp³-hybridized carbons (Fsp3) is 0.875. The van der Waals surface area contributed by atoms with Crippen molar-refractivity contribution in [3.63, 3.8) is 0 Å². The second-order valence-electron chi connectivity index (χ2n) is 18.8. The largest absolute Gasteiger partial charge is 0.394 e. The van der Waals surface area contributed by atoms with Crippen molar-refractivity contribution >= 4 is 5.91 Å². The molecular formula is C56H107NO4. The van der Waals surface area contributed by atoms with Crippen LogP contribution >= 0.6 is 0 Å². The molecule has 4 N–H and O–H groups in total. The van der Waals surface area contributed by atoms with Crippen molar-refractivity contribution < 1.29 is 20.1 Å². The Labute approximate surface area is 381 Å². The van der Waals surface area contributed by atoms with Crippen LogP contribution in [0.4, 0.5) is 0 Å². The molecule has 0 aliphatic carbocycles. The summed E-state index contributed by atoms with van der Waals surface area (Å²) in [4.78, 5) is 12.4. The number of carbonyl (C=O) groups excluding carboxylic acids is 1. The van der Waals surface area contributed by atoms with E-state index in [0.29, 0.717) is 6.42 Å². The van der Waals surface area contributed by atoms with Gasteiger partial charge in [0.2, 0.25) is 5.91 Å². The van der Waals surface area contributed by atoms with Crippen molar-refractivity contribution in [3.8, 4) is 0 Å². The number of aliphatic hydroxyl groups is 3. The fourth-order valence-corrected chi connectivity index (χ4v) is 8.50. The van der Waals surface area contributed by atoms with Gasteiger partial charge >= 0.3 is 0 Å². The molecule has 0 heterocycles. The minimum absolute atomic E-state index is 0.00499. The van der Waals surface area contributed by atoms with Gasteiger partial charge in [-0.2, -0.15) is 0 Å². The molecule has 3 unspecified atom stereocenters. The minimum Gasteiger partial charge on any atom is -0.394 e. The van der Waals surface area contributed by atoms with Gasteiger partial charge in [0.25, 0.3) is 0 Å². The van der Waals surface area contributed by atoms with Gasteiger partial charge in [0.15, 0.2) is 0 Å². The molecule has 0 aromatic rings. The third kappa shape index (κ3) is 47.9. The van der Waals surface area contributed by atoms with Crippen LogP contribution in [0.1, 0.15) is 290 Å². The Morgan fingerprint density at radius 2 is 0.705 bits per heavy atom. The topological polar surface area (TPSA) is 89.8 Å². The summed E-state index contributed by atoms with van der Waals surface area (Å²) in [6.45, 7) is 4.14. The Morgan fingerprint density at radius 3 is 1.02 bits per heavy atom. The third-order valence-corrected chi connectivity index (χ3v) is 12.6. The number of hydrogen-bond acceptors (Lipinski definition) is 4. The van der Waals surface area contributed by atoms with E-state index in [1.54, 1.807) is 6.08 Å². The quantitative estimate of drug-likeness (QED) is 0.0362. The van der Waals surface area contributed by atoms with Gasteiger partial charge < -0.3 is 20.6 Å². The maximum atomic E-state index is 12.4. The van der Waals surface area contributed by atoms with Crippen molar-refractivity contribution in [2.24, 2.45) is 0 Å². The summed E-state index contributed by atoms with van der Waals surface area (Å²) < 4.78 is 0. The lowest BCUT2D eigenvalue weighted by molar-refractivity contribution is -0.124. The number of aliphatic hydroxyl groups excluding tert-OH is 3. The first kappa shape index (κ1) is 59.6. The summed E-state index contributed by atoms with van der Waals surface area (Å²) in [6.07, 6.45) is 66.5. The molecule has 0 aromatic heterocycles. The second-order valence-corrected chi connectivity index (χ2v) is 18.8. The van der Waals surface area contributed by atoms with Crippen molar-refractivity contribution in [3.05, 3.63) is 36.5 Å². The van der Waals surface area contributed by atoms with E-state index in [1.807, 2.05) is 6.08 Å². The predicted molar refractivity (Wildman–Crippen MR) is 268 cm³/mol. The van der Waals surface area contributed by atoms with Gasteiger partial charge in [0.1, 0.15) is 0 Å². The molecule has 3 atom stereocenters. The Bertz CT molecular complexity index is 947. The van der Waals surface area contributed by atoms with Crippen LogP contribution in [0, 0.1) is 0 Å². The number of nitrogens with one attached hydrogen (secondary N) is 1. The Kier molecular flexibility index (Phi) is 50.0. The molecule has 0 radical (unpaired) electrons. The van der Waals surface area contributed by atoms with E-state index in [-0.39, 0.29) is 18.9 Å². The van der Waals surface area contributed by atoms with Crippen LogP contribution in [-0.4, -0.2) is 46.1 Å². The van der Waals surface area contributed by atoms with Crippen molar-refractivity contribution in [1.82, 2.24) is 5.32 Å². The van der Waals surface area contributed by atoms with Gasteiger partial charge in [-0.3, -0.25) is 4.79 Å². The SMILES string of the molecule is CCC/C=C/CC/C=C/CC/C=C/C(O)C(CO)NC(=O)CC(O)CCCCCCCCCCCCCCCCCCCCCCCCCCCCCCCCCCCCC. The molecule has 1 amide bonds. The summed E-state index contributed by atoms with van der Waals surface area (Å²) in [5, 5.41) is 33.2. The first-order valence-corrected chi connectivity index (χ1v) is 27.3. The van der Waals surface area contributed by atoms with E-state index in [4.69, 9.17) is 0 Å². The van der Waals surface area contributed by atoms with Gasteiger partial charge in [0.05, 0.1) is 31.3 Å². The van der Waals surface area contributed by atoms with Crippen LogP contribution in [-0.2, 0) is 4.79 Å². The first-order valence-electron chi connectivity index (χ1n) is 27.3. The summed E-state index contributed by atoms with van der Waals surface area (Å²) in [7, 11) is 0. The number of hydrogen-bond donors (Lipinski definition) is 4. The first-order chi connectivity index (χ1) is 30.0. The number of carbonyl (C=O) groups is 1. The van der Waals surface area contributed by atoms with Gasteiger partial charge in [-0.05, 0) is 38.5 Å². The summed E-state index contributed by atoms with van der Waals surface area (Å²) in [5.74, 6) is -0.328. The molecule has 0 rings (SSSR count). The lowest BCUT2D eigenvalue weighted by atomic mass is 10.0. The molecule has 0 aliphatic heterocycles. The average Bonchev–Trinajstić information content (AvgIpc) is 3.25. The van der Waals surface area contributed by atoms with E-state index < -0.39 is 18.2 Å². The predicted octanol–water partition coefficient (Wildman–Crippen LogP) is 16.7. The van der Waals surface area contributed by atoms with E-state index in [1.165, 1.54) is 218 Å². The fourth-order valence-electron chi connectivity index (χ4n) is 8.50. The zero-order valence-electron chi connectivity index (χ0n) is 41.1. The maximum Gasteiger partial charge on any atom is 0.222 e. The van der Waals surface area contributed by atoms with Crippen LogP contribution in [0.25, 0.3) is 0 Å². The van der Waals surface area contributed by atoms with E-state index in [2.05, 4.69) is 43.5 Å². The van der Waals surface area contributed by atoms with Crippen LogP contribution in [0.15, 0.2) is 36.5 Å². The van der Waals surface area contributed by atoms with E-state index in [9.17, 15) is 20.1 Å². The Balaban J connectivity index is 3.43. The minimum atomic E-state index is -0.957. The molecule has 0 saturated heterocycles. The van der Waals surface area contributed by atoms with Crippen molar-refractivity contribution in [2.75, 3.05) is 6.61 Å². The molecule has 5 heteroatoms. The van der Waals surface area contributed by atoms with Gasteiger partial charge in [-0.25, -0.2) is 0 Å². The van der Waals surface area contributed by atoms with Crippen LogP contribution in [0.3, 0.4) is 0 Å². The van der Waals surface area contributed by atoms with Gasteiger partial charge in [-0.1, -0.05) is 281 Å². The molecule has 0 fully saturated rings. The monoisotopic (exact) mass is 858 g/mol. The molecule has 0 saturated carbocycles. The highest BCUT2D eigenvalue weighted by Gasteiger charge is 2.20. The summed E-state index contributed by atoms with van der Waals surface area (Å²) in [5.41, 5.74) is 0. The van der Waals surface area contributed by atoms with E-state index in [0.717, 1.165) is 44.9 Å². The number of allylic oxidation sites excluding steroid dienone is 5. The zero-order valence-corrected chi connectivity index (χ0v) is 41.1. The standard InChI is InChI=1S/C56H107NO4/c1-3-5-7-9-11-13-15-16-17-18-19-20-21-22-23-24-25-26-27-28-29-30-31-32-33-34-35-36-37-38-40-41-43-45-47-49-53(59)51-56(61)57-54(52-58)55(60)50-48-46-44-42-39-14-12-10-8-6-4-2/h8,10,39,42,48,50,53-55,58-60H,3-7,9,11-38,40-41,43-47,49,51-52H2,1-2H3,(H,57,61)/b10-8+,42-39+,50-48+. The summed E-state index contributed by atoms with van der Waals surface area (Å²) >= 11 is 0. The van der Waals surface area contributed by atoms with Gasteiger partial charge in [-0.15, -0.1) is 0 Å². The van der Waals surface area contributed by atoms with E-state index >= 15 is 0 Å². The van der Waals surface area contributed by atoms with Crippen LogP contribution in [0.5, 0.6) is 0 Å². The van der Waals surface area contributed by atoms with Crippen molar-refractivity contribution in [1.29, 1.82) is 0 Å². The zero-order chi connectivity index (χ0) is 44.4. The molecule has 0 aliphatic rings. The summed E-state index contributed by atoms with van der Waals surface area (Å²) in [6, 6.07) is -0.765. The third-order valence-electron chi connectivity index (χ3n) is 12.6. The lowest BCUT2D eigenvalue weighted by Gasteiger charge is -2.21. The second kappa shape index (κ2) is 51.2. The molecule has 5 nitrogen and oxygen atoms in total. The molecule has 360 valence electrons. The molecule has 0 aromatic carbocycles. The Hall–Kier alpha value is -1.43. The number of amides is 1. The number of rotatable bonds is 50. The maximum absolute atomic E-state index is 12.4. The highest BCUT2D eigenvalue weighted by atomic mass is 16.3. The highest BCUT2D eigenvalue weighted by molar-refractivity contribution is 5.76. The normalized spacial score (nSPS) is 13.6. The lowest BCUT2D eigenvalue weighted by Crippen LogP contribution is -2.45. The van der Waals surface area contributed by atoms with Gasteiger partial charge in [0, 0.05) is 0 Å².